The summed E-state index contributed by atoms with van der Waals surface area (Å²) >= 11 is 6.48. The Morgan fingerprint density at radius 3 is 2.79 bits per heavy atom. The van der Waals surface area contributed by atoms with Crippen LogP contribution in [-0.4, -0.2) is 18.6 Å². The van der Waals surface area contributed by atoms with Crippen LogP contribution >= 0.6 is 11.6 Å². The average Bonchev–Trinajstić information content (AvgIpc) is 2.33. The van der Waals surface area contributed by atoms with Crippen LogP contribution in [0.15, 0.2) is 18.2 Å². The van der Waals surface area contributed by atoms with Crippen molar-refractivity contribution in [3.63, 3.8) is 0 Å². The lowest BCUT2D eigenvalue weighted by atomic mass is 9.91. The van der Waals surface area contributed by atoms with Crippen LogP contribution in [0.4, 0.5) is 5.69 Å². The summed E-state index contributed by atoms with van der Waals surface area (Å²) < 4.78 is 0. The first-order chi connectivity index (χ1) is 8.99. The highest BCUT2D eigenvalue weighted by Gasteiger charge is 2.26. The van der Waals surface area contributed by atoms with Gasteiger partial charge in [0.15, 0.2) is 0 Å². The molecule has 3 atom stereocenters. The van der Waals surface area contributed by atoms with E-state index in [2.05, 4.69) is 36.9 Å². The third kappa shape index (κ3) is 3.43. The molecular weight excluding hydrogens is 256 g/mol. The Kier molecular flexibility index (Phi) is 4.75. The van der Waals surface area contributed by atoms with Crippen LogP contribution < -0.4 is 10.6 Å². The Bertz CT molecular complexity index is 431. The van der Waals surface area contributed by atoms with E-state index in [4.69, 9.17) is 17.3 Å². The average molecular weight is 281 g/mol. The zero-order chi connectivity index (χ0) is 14.0. The number of rotatable bonds is 3. The number of nitrogens with zero attached hydrogens (tertiary/aromatic N) is 1. The van der Waals surface area contributed by atoms with E-state index in [1.165, 1.54) is 24.1 Å². The Balaban J connectivity index is 2.20. The van der Waals surface area contributed by atoms with Crippen molar-refractivity contribution in [3.8, 4) is 0 Å². The topological polar surface area (TPSA) is 29.3 Å². The zero-order valence-corrected chi connectivity index (χ0v) is 13.0. The highest BCUT2D eigenvalue weighted by molar-refractivity contribution is 6.33. The van der Waals surface area contributed by atoms with Gasteiger partial charge in [-0.2, -0.15) is 0 Å². The molecule has 0 saturated carbocycles. The molecule has 0 aliphatic carbocycles. The number of piperidine rings is 1. The van der Waals surface area contributed by atoms with Gasteiger partial charge in [0, 0.05) is 18.6 Å². The van der Waals surface area contributed by atoms with Crippen LogP contribution in [0.2, 0.25) is 5.02 Å². The molecule has 1 heterocycles. The van der Waals surface area contributed by atoms with Crippen molar-refractivity contribution in [2.75, 3.05) is 11.4 Å². The van der Waals surface area contributed by atoms with Gasteiger partial charge in [0.1, 0.15) is 0 Å². The molecule has 1 saturated heterocycles. The predicted octanol–water partition coefficient (Wildman–Crippen LogP) is 3.85. The molecule has 2 rings (SSSR count). The van der Waals surface area contributed by atoms with E-state index < -0.39 is 0 Å². The van der Waals surface area contributed by atoms with E-state index in [0.717, 1.165) is 23.9 Å². The van der Waals surface area contributed by atoms with Gasteiger partial charge < -0.3 is 10.6 Å². The molecule has 1 aromatic rings. The highest BCUT2D eigenvalue weighted by atomic mass is 35.5. The van der Waals surface area contributed by atoms with E-state index in [-0.39, 0.29) is 6.04 Å². The molecular formula is C16H25ClN2. The van der Waals surface area contributed by atoms with Gasteiger partial charge in [-0.3, -0.25) is 0 Å². The maximum atomic E-state index is 6.48. The Morgan fingerprint density at radius 2 is 2.16 bits per heavy atom. The van der Waals surface area contributed by atoms with E-state index in [1.807, 2.05) is 6.92 Å². The van der Waals surface area contributed by atoms with Gasteiger partial charge in [0.2, 0.25) is 0 Å². The lowest BCUT2D eigenvalue weighted by Gasteiger charge is -2.40. The number of nitrogens with two attached hydrogens (primary N) is 1. The van der Waals surface area contributed by atoms with Crippen LogP contribution in [-0.2, 0) is 6.42 Å². The molecule has 1 aliphatic heterocycles. The van der Waals surface area contributed by atoms with Crippen LogP contribution in [0.25, 0.3) is 0 Å². The number of halogens is 1. The van der Waals surface area contributed by atoms with Gasteiger partial charge in [-0.15, -0.1) is 0 Å². The summed E-state index contributed by atoms with van der Waals surface area (Å²) in [6.45, 7) is 7.76. The first-order valence-corrected chi connectivity index (χ1v) is 7.67. The molecule has 0 amide bonds. The van der Waals surface area contributed by atoms with Gasteiger partial charge in [-0.25, -0.2) is 0 Å². The number of hydrogen-bond acceptors (Lipinski definition) is 2. The van der Waals surface area contributed by atoms with Crippen LogP contribution in [0, 0.1) is 5.92 Å². The van der Waals surface area contributed by atoms with Gasteiger partial charge in [-0.05, 0) is 56.7 Å². The second-order valence-corrected chi connectivity index (χ2v) is 6.43. The largest absolute Gasteiger partial charge is 0.367 e. The van der Waals surface area contributed by atoms with Crippen molar-refractivity contribution in [3.05, 3.63) is 28.8 Å². The van der Waals surface area contributed by atoms with Crippen molar-refractivity contribution in [2.24, 2.45) is 11.7 Å². The first kappa shape index (κ1) is 14.7. The summed E-state index contributed by atoms with van der Waals surface area (Å²) in [7, 11) is 0. The molecule has 106 valence electrons. The van der Waals surface area contributed by atoms with Gasteiger partial charge in [0.25, 0.3) is 0 Å². The van der Waals surface area contributed by atoms with Crippen molar-refractivity contribution >= 4 is 17.3 Å². The molecule has 19 heavy (non-hydrogen) atoms. The molecule has 2 nitrogen and oxygen atoms in total. The summed E-state index contributed by atoms with van der Waals surface area (Å²) in [4.78, 5) is 2.45. The molecule has 0 spiro atoms. The summed E-state index contributed by atoms with van der Waals surface area (Å²) in [5.74, 6) is 0.730. The third-order valence-corrected chi connectivity index (χ3v) is 4.56. The SMILES string of the molecule is CC(N)Cc1ccc(N2CCCC(C)C2C)c(Cl)c1. The summed E-state index contributed by atoms with van der Waals surface area (Å²) in [6, 6.07) is 7.14. The second-order valence-electron chi connectivity index (χ2n) is 6.02. The zero-order valence-electron chi connectivity index (χ0n) is 12.2. The minimum atomic E-state index is 0.177. The molecule has 3 heteroatoms. The van der Waals surface area contributed by atoms with Crippen LogP contribution in [0.1, 0.15) is 39.2 Å². The molecule has 0 radical (unpaired) electrons. The van der Waals surface area contributed by atoms with E-state index in [0.29, 0.717) is 6.04 Å². The standard InChI is InChI=1S/C16H25ClN2/c1-11-5-4-8-19(13(11)3)16-7-6-14(9-12(2)18)10-15(16)17/h6-7,10-13H,4-5,8-9,18H2,1-3H3. The molecule has 1 aromatic carbocycles. The minimum Gasteiger partial charge on any atom is -0.367 e. The first-order valence-electron chi connectivity index (χ1n) is 7.29. The monoisotopic (exact) mass is 280 g/mol. The smallest absolute Gasteiger partial charge is 0.0642 e. The fraction of sp³-hybridized carbons (Fsp3) is 0.625. The quantitative estimate of drug-likeness (QED) is 0.911. The van der Waals surface area contributed by atoms with Crippen molar-refractivity contribution in [1.82, 2.24) is 0 Å². The number of hydrogen-bond donors (Lipinski definition) is 1. The fourth-order valence-corrected chi connectivity index (χ4v) is 3.27. The Hall–Kier alpha value is -0.730. The van der Waals surface area contributed by atoms with E-state index in [1.54, 1.807) is 0 Å². The van der Waals surface area contributed by atoms with Crippen LogP contribution in [0.5, 0.6) is 0 Å². The summed E-state index contributed by atoms with van der Waals surface area (Å²) in [6.07, 6.45) is 3.45. The number of benzene rings is 1. The lowest BCUT2D eigenvalue weighted by Crippen LogP contribution is -2.42. The molecule has 3 unspecified atom stereocenters. The normalized spacial score (nSPS) is 25.4. The van der Waals surface area contributed by atoms with Crippen LogP contribution in [0.3, 0.4) is 0 Å². The maximum Gasteiger partial charge on any atom is 0.0642 e. The molecule has 2 N–H and O–H groups in total. The fourth-order valence-electron chi connectivity index (χ4n) is 2.96. The van der Waals surface area contributed by atoms with Gasteiger partial charge >= 0.3 is 0 Å². The highest BCUT2D eigenvalue weighted by Crippen LogP contribution is 2.33. The minimum absolute atomic E-state index is 0.177. The van der Waals surface area contributed by atoms with Gasteiger partial charge in [0.05, 0.1) is 10.7 Å². The van der Waals surface area contributed by atoms with E-state index in [9.17, 15) is 0 Å². The molecule has 0 bridgehead atoms. The molecule has 1 fully saturated rings. The second kappa shape index (κ2) is 6.15. The Labute approximate surface area is 121 Å². The van der Waals surface area contributed by atoms with Crippen molar-refractivity contribution in [2.45, 2.75) is 52.1 Å². The third-order valence-electron chi connectivity index (χ3n) is 4.25. The summed E-state index contributed by atoms with van der Waals surface area (Å²) in [5, 5.41) is 0.860. The van der Waals surface area contributed by atoms with Crippen molar-refractivity contribution in [1.29, 1.82) is 0 Å². The molecule has 0 aromatic heterocycles. The van der Waals surface area contributed by atoms with Crippen molar-refractivity contribution < 1.29 is 0 Å². The number of anilines is 1. The lowest BCUT2D eigenvalue weighted by molar-refractivity contribution is 0.363. The van der Waals surface area contributed by atoms with Gasteiger partial charge in [-0.1, -0.05) is 24.6 Å². The Morgan fingerprint density at radius 1 is 1.42 bits per heavy atom. The maximum absolute atomic E-state index is 6.48. The predicted molar refractivity (Wildman–Crippen MR) is 84.0 cm³/mol. The molecule has 1 aliphatic rings. The summed E-state index contributed by atoms with van der Waals surface area (Å²) in [5.41, 5.74) is 8.24. The van der Waals surface area contributed by atoms with E-state index >= 15 is 0 Å².